The van der Waals surface area contributed by atoms with E-state index >= 15 is 0 Å². The Balaban J connectivity index is 0.00000243. The van der Waals surface area contributed by atoms with Crippen LogP contribution in [0.1, 0.15) is 25.3 Å². The van der Waals surface area contributed by atoms with Crippen molar-refractivity contribution in [2.24, 2.45) is 10.9 Å². The van der Waals surface area contributed by atoms with Gasteiger partial charge in [0.25, 0.3) is 0 Å². The first-order valence-corrected chi connectivity index (χ1v) is 9.08. The van der Waals surface area contributed by atoms with Gasteiger partial charge in [0, 0.05) is 26.6 Å². The number of halogens is 1. The van der Waals surface area contributed by atoms with E-state index in [9.17, 15) is 4.79 Å². The standard InChI is InChI=1S/C19H27N3O3.HI/c1-3-24-18(23)14-8-10-22(11-9-14)19(20-2)21-13-16-12-15-6-4-5-7-17(15)25-16;/h4-7,14,16H,3,8-13H2,1-2H3,(H,20,21);1H. The first-order valence-electron chi connectivity index (χ1n) is 9.08. The maximum Gasteiger partial charge on any atom is 0.309 e. The predicted molar refractivity (Wildman–Crippen MR) is 112 cm³/mol. The molecule has 1 atom stereocenters. The number of nitrogens with one attached hydrogen (secondary N) is 1. The number of fused-ring (bicyclic) bond motifs is 1. The van der Waals surface area contributed by atoms with Crippen molar-refractivity contribution in [3.8, 4) is 5.75 Å². The molecular formula is C19H28IN3O3. The molecule has 2 heterocycles. The number of hydrogen-bond acceptors (Lipinski definition) is 4. The van der Waals surface area contributed by atoms with E-state index in [0.717, 1.165) is 50.6 Å². The Kier molecular flexibility index (Phi) is 7.99. The largest absolute Gasteiger partial charge is 0.488 e. The van der Waals surface area contributed by atoms with E-state index in [1.165, 1.54) is 5.56 Å². The van der Waals surface area contributed by atoms with E-state index in [-0.39, 0.29) is 42.0 Å². The third-order valence-corrected chi connectivity index (χ3v) is 4.83. The average Bonchev–Trinajstić information content (AvgIpc) is 3.06. The monoisotopic (exact) mass is 473 g/mol. The second-order valence-corrected chi connectivity index (χ2v) is 6.49. The van der Waals surface area contributed by atoms with Gasteiger partial charge in [0.1, 0.15) is 11.9 Å². The number of rotatable bonds is 4. The molecule has 144 valence electrons. The highest BCUT2D eigenvalue weighted by atomic mass is 127. The minimum Gasteiger partial charge on any atom is -0.488 e. The van der Waals surface area contributed by atoms with E-state index < -0.39 is 0 Å². The maximum atomic E-state index is 11.8. The van der Waals surface area contributed by atoms with Crippen LogP contribution in [-0.2, 0) is 16.0 Å². The summed E-state index contributed by atoms with van der Waals surface area (Å²) in [5.41, 5.74) is 1.26. The number of carbonyl (C=O) groups excluding carboxylic acids is 1. The van der Waals surface area contributed by atoms with Crippen LogP contribution < -0.4 is 10.1 Å². The van der Waals surface area contributed by atoms with E-state index in [1.54, 1.807) is 7.05 Å². The van der Waals surface area contributed by atoms with Gasteiger partial charge in [-0.1, -0.05) is 18.2 Å². The minimum absolute atomic E-state index is 0. The van der Waals surface area contributed by atoms with Crippen molar-refractivity contribution in [1.82, 2.24) is 10.2 Å². The van der Waals surface area contributed by atoms with Crippen LogP contribution in [-0.4, -0.2) is 56.2 Å². The number of likely N-dealkylation sites (tertiary alicyclic amines) is 1. The summed E-state index contributed by atoms with van der Waals surface area (Å²) < 4.78 is 11.1. The Morgan fingerprint density at radius 3 is 2.73 bits per heavy atom. The number of nitrogens with zero attached hydrogens (tertiary/aromatic N) is 2. The van der Waals surface area contributed by atoms with Crippen LogP contribution in [0.3, 0.4) is 0 Å². The molecule has 2 aliphatic heterocycles. The first kappa shape index (κ1) is 20.8. The Labute approximate surface area is 172 Å². The molecule has 6 nitrogen and oxygen atoms in total. The fraction of sp³-hybridized carbons (Fsp3) is 0.579. The van der Waals surface area contributed by atoms with Crippen LogP contribution in [0.4, 0.5) is 0 Å². The molecule has 0 bridgehead atoms. The third kappa shape index (κ3) is 5.02. The SMILES string of the molecule is CCOC(=O)C1CCN(C(=NC)NCC2Cc3ccccc3O2)CC1.I. The number of aliphatic imine (C=N–C) groups is 1. The molecule has 1 aromatic carbocycles. The molecule has 0 aliphatic carbocycles. The average molecular weight is 473 g/mol. The van der Waals surface area contributed by atoms with Gasteiger partial charge >= 0.3 is 5.97 Å². The van der Waals surface area contributed by atoms with Crippen molar-refractivity contribution in [2.45, 2.75) is 32.3 Å². The lowest BCUT2D eigenvalue weighted by Crippen LogP contribution is -2.48. The minimum atomic E-state index is -0.0674. The van der Waals surface area contributed by atoms with Crippen LogP contribution in [0.2, 0.25) is 0 Å². The highest BCUT2D eigenvalue weighted by molar-refractivity contribution is 14.0. The highest BCUT2D eigenvalue weighted by Crippen LogP contribution is 2.27. The molecule has 1 unspecified atom stereocenters. The number of para-hydroxylation sites is 1. The smallest absolute Gasteiger partial charge is 0.309 e. The maximum absolute atomic E-state index is 11.8. The number of benzene rings is 1. The Bertz CT molecular complexity index is 605. The fourth-order valence-electron chi connectivity index (χ4n) is 3.49. The van der Waals surface area contributed by atoms with Crippen molar-refractivity contribution >= 4 is 35.9 Å². The van der Waals surface area contributed by atoms with Crippen molar-refractivity contribution < 1.29 is 14.3 Å². The normalized spacial score (nSPS) is 20.0. The lowest BCUT2D eigenvalue weighted by atomic mass is 9.97. The van der Waals surface area contributed by atoms with E-state index in [4.69, 9.17) is 9.47 Å². The van der Waals surface area contributed by atoms with Crippen LogP contribution >= 0.6 is 24.0 Å². The van der Waals surface area contributed by atoms with Gasteiger partial charge in [-0.05, 0) is 31.4 Å². The van der Waals surface area contributed by atoms with E-state index in [0.29, 0.717) is 6.61 Å². The number of carbonyl (C=O) groups is 1. The molecule has 26 heavy (non-hydrogen) atoms. The molecule has 0 spiro atoms. The number of esters is 1. The molecule has 2 aliphatic rings. The molecule has 1 N–H and O–H groups in total. The second-order valence-electron chi connectivity index (χ2n) is 6.49. The van der Waals surface area contributed by atoms with E-state index in [1.807, 2.05) is 25.1 Å². The van der Waals surface area contributed by atoms with Crippen LogP contribution in [0.15, 0.2) is 29.3 Å². The van der Waals surface area contributed by atoms with Crippen LogP contribution in [0.25, 0.3) is 0 Å². The molecule has 1 fully saturated rings. The van der Waals surface area contributed by atoms with Gasteiger partial charge in [-0.2, -0.15) is 0 Å². The number of hydrogen-bond donors (Lipinski definition) is 1. The fourth-order valence-corrected chi connectivity index (χ4v) is 3.49. The lowest BCUT2D eigenvalue weighted by molar-refractivity contribution is -0.149. The summed E-state index contributed by atoms with van der Waals surface area (Å²) in [5.74, 6) is 1.81. The van der Waals surface area contributed by atoms with Gasteiger partial charge in [-0.25, -0.2) is 0 Å². The number of ether oxygens (including phenoxy) is 2. The zero-order chi connectivity index (χ0) is 17.6. The zero-order valence-electron chi connectivity index (χ0n) is 15.4. The molecule has 1 aromatic rings. The molecule has 0 aromatic heterocycles. The van der Waals surface area contributed by atoms with E-state index in [2.05, 4.69) is 21.3 Å². The quantitative estimate of drug-likeness (QED) is 0.315. The molecular weight excluding hydrogens is 445 g/mol. The molecule has 7 heteroatoms. The van der Waals surface area contributed by atoms with Crippen LogP contribution in [0, 0.1) is 5.92 Å². The molecule has 0 amide bonds. The van der Waals surface area contributed by atoms with Crippen LogP contribution in [0.5, 0.6) is 5.75 Å². The first-order chi connectivity index (χ1) is 12.2. The van der Waals surface area contributed by atoms with Gasteiger partial charge in [0.15, 0.2) is 5.96 Å². The molecule has 0 radical (unpaired) electrons. The Morgan fingerprint density at radius 1 is 1.35 bits per heavy atom. The van der Waals surface area contributed by atoms with Crippen molar-refractivity contribution in [1.29, 1.82) is 0 Å². The molecule has 1 saturated heterocycles. The van der Waals surface area contributed by atoms with Gasteiger partial charge in [-0.3, -0.25) is 9.79 Å². The van der Waals surface area contributed by atoms with Gasteiger partial charge in [0.2, 0.25) is 0 Å². The Morgan fingerprint density at radius 2 is 2.08 bits per heavy atom. The second kappa shape index (κ2) is 9.99. The molecule has 0 saturated carbocycles. The Hall–Kier alpha value is -1.51. The topological polar surface area (TPSA) is 63.2 Å². The summed E-state index contributed by atoms with van der Waals surface area (Å²) in [4.78, 5) is 18.4. The van der Waals surface area contributed by atoms with Gasteiger partial charge in [-0.15, -0.1) is 24.0 Å². The molecule has 3 rings (SSSR count). The van der Waals surface area contributed by atoms with Crippen molar-refractivity contribution in [3.05, 3.63) is 29.8 Å². The van der Waals surface area contributed by atoms with Crippen molar-refractivity contribution in [2.75, 3.05) is 33.3 Å². The summed E-state index contributed by atoms with van der Waals surface area (Å²) >= 11 is 0. The van der Waals surface area contributed by atoms with Gasteiger partial charge < -0.3 is 19.7 Å². The summed E-state index contributed by atoms with van der Waals surface area (Å²) in [6.07, 6.45) is 2.67. The van der Waals surface area contributed by atoms with Gasteiger partial charge in [0.05, 0.1) is 19.1 Å². The lowest BCUT2D eigenvalue weighted by Gasteiger charge is -2.33. The highest BCUT2D eigenvalue weighted by Gasteiger charge is 2.28. The number of piperidine rings is 1. The summed E-state index contributed by atoms with van der Waals surface area (Å²) in [6.45, 7) is 4.65. The zero-order valence-corrected chi connectivity index (χ0v) is 17.8. The number of guanidine groups is 1. The predicted octanol–water partition coefficient (Wildman–Crippen LogP) is 2.46. The summed E-state index contributed by atoms with van der Waals surface area (Å²) in [6, 6.07) is 8.18. The summed E-state index contributed by atoms with van der Waals surface area (Å²) in [7, 11) is 1.80. The van der Waals surface area contributed by atoms with Crippen molar-refractivity contribution in [3.63, 3.8) is 0 Å². The third-order valence-electron chi connectivity index (χ3n) is 4.83. The summed E-state index contributed by atoms with van der Waals surface area (Å²) in [5, 5.41) is 3.42.